The molecule has 0 amide bonds. The van der Waals surface area contributed by atoms with Gasteiger partial charge < -0.3 is 10.5 Å². The molecule has 0 aliphatic heterocycles. The molecule has 0 radical (unpaired) electrons. The minimum atomic E-state index is 0.182. The minimum absolute atomic E-state index is 0.182. The van der Waals surface area contributed by atoms with Crippen molar-refractivity contribution in [3.8, 4) is 16.9 Å². The fourth-order valence-electron chi connectivity index (χ4n) is 4.35. The molecule has 0 bridgehead atoms. The van der Waals surface area contributed by atoms with E-state index in [0.717, 1.165) is 16.9 Å². The van der Waals surface area contributed by atoms with Crippen LogP contribution in [0.3, 0.4) is 0 Å². The lowest BCUT2D eigenvalue weighted by molar-refractivity contribution is 0.306. The highest BCUT2D eigenvalue weighted by Crippen LogP contribution is 2.48. The van der Waals surface area contributed by atoms with E-state index in [-0.39, 0.29) is 5.92 Å². The van der Waals surface area contributed by atoms with Gasteiger partial charge in [0.05, 0.1) is 0 Å². The van der Waals surface area contributed by atoms with Crippen molar-refractivity contribution in [1.82, 2.24) is 0 Å². The lowest BCUT2D eigenvalue weighted by atomic mass is 9.86. The zero-order chi connectivity index (χ0) is 19.6. The second-order valence-corrected chi connectivity index (χ2v) is 7.45. The molecule has 0 fully saturated rings. The largest absolute Gasteiger partial charge is 0.489 e. The summed E-state index contributed by atoms with van der Waals surface area (Å²) in [7, 11) is 0. The van der Waals surface area contributed by atoms with Crippen LogP contribution in [0.25, 0.3) is 11.1 Å². The molecule has 2 N–H and O–H groups in total. The van der Waals surface area contributed by atoms with Crippen LogP contribution >= 0.6 is 0 Å². The van der Waals surface area contributed by atoms with Gasteiger partial charge in [0.25, 0.3) is 0 Å². The topological polar surface area (TPSA) is 35.2 Å². The highest BCUT2D eigenvalue weighted by Gasteiger charge is 2.30. The molecule has 0 saturated carbocycles. The molecule has 4 aromatic rings. The van der Waals surface area contributed by atoms with Crippen molar-refractivity contribution in [3.63, 3.8) is 0 Å². The second kappa shape index (κ2) is 7.57. The van der Waals surface area contributed by atoms with Crippen LogP contribution in [0, 0.1) is 0 Å². The standard InChI is InChI=1S/C27H23NO/c28-17-20-14-15-21(29-18-19-8-2-1-3-9-19)16-26(20)27-24-12-6-4-10-22(24)23-11-5-7-13-25(23)27/h1-16,27H,17-18,28H2. The minimum Gasteiger partial charge on any atom is -0.489 e. The zero-order valence-corrected chi connectivity index (χ0v) is 16.2. The quantitative estimate of drug-likeness (QED) is 0.415. The molecule has 1 aliphatic carbocycles. The van der Waals surface area contributed by atoms with Gasteiger partial charge in [-0.2, -0.15) is 0 Å². The van der Waals surface area contributed by atoms with Gasteiger partial charge in [-0.25, -0.2) is 0 Å². The summed E-state index contributed by atoms with van der Waals surface area (Å²) in [6.45, 7) is 1.06. The van der Waals surface area contributed by atoms with E-state index in [2.05, 4.69) is 72.8 Å². The number of rotatable bonds is 5. The summed E-state index contributed by atoms with van der Waals surface area (Å²) in [5.41, 5.74) is 15.0. The average molecular weight is 377 g/mol. The maximum Gasteiger partial charge on any atom is 0.120 e. The molecule has 0 heterocycles. The van der Waals surface area contributed by atoms with Gasteiger partial charge in [0.15, 0.2) is 0 Å². The fourth-order valence-corrected chi connectivity index (χ4v) is 4.35. The van der Waals surface area contributed by atoms with E-state index in [4.69, 9.17) is 10.5 Å². The number of benzene rings is 4. The second-order valence-electron chi connectivity index (χ2n) is 7.45. The van der Waals surface area contributed by atoms with Crippen LogP contribution in [0.5, 0.6) is 5.75 Å². The highest BCUT2D eigenvalue weighted by atomic mass is 16.5. The fraction of sp³-hybridized carbons (Fsp3) is 0.111. The molecule has 0 spiro atoms. The maximum atomic E-state index is 6.13. The SMILES string of the molecule is NCc1ccc(OCc2ccccc2)cc1C1c2ccccc2-c2ccccc21. The zero-order valence-electron chi connectivity index (χ0n) is 16.2. The maximum absolute atomic E-state index is 6.13. The normalized spacial score (nSPS) is 12.4. The van der Waals surface area contributed by atoms with Crippen molar-refractivity contribution in [2.45, 2.75) is 19.1 Å². The van der Waals surface area contributed by atoms with E-state index in [9.17, 15) is 0 Å². The number of nitrogens with two attached hydrogens (primary N) is 1. The van der Waals surface area contributed by atoms with Gasteiger partial charge in [0.2, 0.25) is 0 Å². The Morgan fingerprint density at radius 3 is 1.93 bits per heavy atom. The Kier molecular flexibility index (Phi) is 4.63. The van der Waals surface area contributed by atoms with Crippen LogP contribution in [-0.2, 0) is 13.2 Å². The number of fused-ring (bicyclic) bond motifs is 3. The molecule has 0 atom stereocenters. The van der Waals surface area contributed by atoms with Crippen molar-refractivity contribution in [1.29, 1.82) is 0 Å². The van der Waals surface area contributed by atoms with Gasteiger partial charge in [-0.05, 0) is 51.1 Å². The van der Waals surface area contributed by atoms with Crippen molar-refractivity contribution in [2.24, 2.45) is 5.73 Å². The van der Waals surface area contributed by atoms with Crippen LogP contribution in [-0.4, -0.2) is 0 Å². The van der Waals surface area contributed by atoms with E-state index in [1.54, 1.807) is 0 Å². The van der Waals surface area contributed by atoms with Crippen LogP contribution in [0.4, 0.5) is 0 Å². The molecule has 0 unspecified atom stereocenters. The summed E-state index contributed by atoms with van der Waals surface area (Å²) in [6.07, 6.45) is 0. The van der Waals surface area contributed by atoms with Crippen LogP contribution in [0.1, 0.15) is 33.7 Å². The van der Waals surface area contributed by atoms with E-state index < -0.39 is 0 Å². The third-order valence-corrected chi connectivity index (χ3v) is 5.73. The van der Waals surface area contributed by atoms with Gasteiger partial charge in [-0.15, -0.1) is 0 Å². The first-order chi connectivity index (χ1) is 14.3. The summed E-state index contributed by atoms with van der Waals surface area (Å²) in [5.74, 6) is 1.06. The first-order valence-electron chi connectivity index (χ1n) is 10.0. The molecule has 1 aliphatic rings. The first kappa shape index (κ1) is 17.7. The van der Waals surface area contributed by atoms with Gasteiger partial charge >= 0.3 is 0 Å². The van der Waals surface area contributed by atoms with Crippen LogP contribution < -0.4 is 10.5 Å². The molecule has 29 heavy (non-hydrogen) atoms. The summed E-state index contributed by atoms with van der Waals surface area (Å²) < 4.78 is 6.13. The molecule has 4 aromatic carbocycles. The first-order valence-corrected chi connectivity index (χ1v) is 10.0. The smallest absolute Gasteiger partial charge is 0.120 e. The summed E-state index contributed by atoms with van der Waals surface area (Å²) in [5, 5.41) is 0. The summed E-state index contributed by atoms with van der Waals surface area (Å²) in [6, 6.07) is 33.9. The third-order valence-electron chi connectivity index (χ3n) is 5.73. The molecular weight excluding hydrogens is 354 g/mol. The summed E-state index contributed by atoms with van der Waals surface area (Å²) >= 11 is 0. The third kappa shape index (κ3) is 3.22. The van der Waals surface area contributed by atoms with Crippen molar-refractivity contribution in [3.05, 3.63) is 125 Å². The van der Waals surface area contributed by atoms with Crippen molar-refractivity contribution >= 4 is 0 Å². The van der Waals surface area contributed by atoms with Gasteiger partial charge in [-0.1, -0.05) is 84.9 Å². The lowest BCUT2D eigenvalue weighted by Gasteiger charge is -2.19. The summed E-state index contributed by atoms with van der Waals surface area (Å²) in [4.78, 5) is 0. The van der Waals surface area contributed by atoms with Gasteiger partial charge in [0, 0.05) is 12.5 Å². The van der Waals surface area contributed by atoms with E-state index in [1.165, 1.54) is 27.8 Å². The van der Waals surface area contributed by atoms with Crippen molar-refractivity contribution in [2.75, 3.05) is 0 Å². The van der Waals surface area contributed by atoms with E-state index in [1.807, 2.05) is 24.3 Å². The Labute approximate surface area is 171 Å². The number of hydrogen-bond donors (Lipinski definition) is 1. The molecule has 5 rings (SSSR count). The Hall–Kier alpha value is -3.36. The molecular formula is C27H23NO. The number of hydrogen-bond acceptors (Lipinski definition) is 2. The Morgan fingerprint density at radius 1 is 0.655 bits per heavy atom. The lowest BCUT2D eigenvalue weighted by Crippen LogP contribution is -2.08. The molecule has 2 heteroatoms. The molecule has 0 saturated heterocycles. The van der Waals surface area contributed by atoms with Crippen LogP contribution in [0.2, 0.25) is 0 Å². The monoisotopic (exact) mass is 377 g/mol. The highest BCUT2D eigenvalue weighted by molar-refractivity contribution is 5.81. The van der Waals surface area contributed by atoms with Gasteiger partial charge in [0.1, 0.15) is 12.4 Å². The van der Waals surface area contributed by atoms with Crippen LogP contribution in [0.15, 0.2) is 97.1 Å². The predicted octanol–water partition coefficient (Wildman–Crippen LogP) is 5.88. The van der Waals surface area contributed by atoms with E-state index in [0.29, 0.717) is 13.2 Å². The Balaban J connectivity index is 1.56. The number of ether oxygens (including phenoxy) is 1. The molecule has 2 nitrogen and oxygen atoms in total. The Morgan fingerprint density at radius 2 is 1.28 bits per heavy atom. The van der Waals surface area contributed by atoms with E-state index >= 15 is 0 Å². The predicted molar refractivity (Wildman–Crippen MR) is 118 cm³/mol. The van der Waals surface area contributed by atoms with Crippen molar-refractivity contribution < 1.29 is 4.74 Å². The average Bonchev–Trinajstić information content (AvgIpc) is 3.12. The molecule has 0 aromatic heterocycles. The van der Waals surface area contributed by atoms with Gasteiger partial charge in [-0.3, -0.25) is 0 Å². The molecule has 142 valence electrons. The Bertz CT molecular complexity index is 1100.